The van der Waals surface area contributed by atoms with E-state index in [1.165, 1.54) is 23.4 Å². The molecule has 0 aliphatic heterocycles. The monoisotopic (exact) mass is 226 g/mol. The number of nitrogens with zero attached hydrogens (tertiary/aromatic N) is 2. The van der Waals surface area contributed by atoms with Gasteiger partial charge in [-0.15, -0.1) is 0 Å². The van der Waals surface area contributed by atoms with Gasteiger partial charge in [0, 0.05) is 12.2 Å². The molecule has 1 atom stereocenters. The number of aryl methyl sites for hydroxylation is 1. The van der Waals surface area contributed by atoms with Crippen LogP contribution in [0.25, 0.3) is 0 Å². The molecule has 0 fully saturated rings. The molecule has 0 radical (unpaired) electrons. The largest absolute Gasteiger partial charge is 0.269 e. The Morgan fingerprint density at radius 1 is 1.33 bits per heavy atom. The fraction of sp³-hybridized carbons (Fsp3) is 0.750. The normalized spacial score (nSPS) is 13.1. The van der Waals surface area contributed by atoms with E-state index in [0.29, 0.717) is 5.92 Å². The third-order valence-electron chi connectivity index (χ3n) is 3.15. The van der Waals surface area contributed by atoms with Gasteiger partial charge in [-0.3, -0.25) is 4.68 Å². The Labute approximate surface area is 98.5 Å². The highest BCUT2D eigenvalue weighted by Crippen LogP contribution is 2.16. The molecule has 0 spiro atoms. The first kappa shape index (κ1) is 12.6. The van der Waals surface area contributed by atoms with E-state index in [9.17, 15) is 0 Å². The lowest BCUT2D eigenvalue weighted by atomic mass is 10.1. The van der Waals surface area contributed by atoms with Gasteiger partial charge in [0.05, 0.1) is 5.69 Å². The second-order valence-corrected chi connectivity index (χ2v) is 4.51. The van der Waals surface area contributed by atoms with Gasteiger partial charge in [0.2, 0.25) is 0 Å². The summed E-state index contributed by atoms with van der Waals surface area (Å²) >= 11 is 4.37. The van der Waals surface area contributed by atoms with Gasteiger partial charge in [0.25, 0.3) is 0 Å². The van der Waals surface area contributed by atoms with Crippen molar-refractivity contribution in [2.24, 2.45) is 5.92 Å². The maximum Gasteiger partial charge on any atom is 0.0628 e. The number of rotatable bonds is 5. The van der Waals surface area contributed by atoms with Crippen molar-refractivity contribution in [2.75, 3.05) is 5.75 Å². The second kappa shape index (κ2) is 5.59. The third kappa shape index (κ3) is 2.77. The van der Waals surface area contributed by atoms with Crippen molar-refractivity contribution in [1.29, 1.82) is 0 Å². The average Bonchev–Trinajstić information content (AvgIpc) is 2.50. The third-order valence-corrected chi connectivity index (χ3v) is 3.67. The second-order valence-electron chi connectivity index (χ2n) is 4.14. The van der Waals surface area contributed by atoms with E-state index in [1.807, 2.05) is 0 Å². The van der Waals surface area contributed by atoms with Crippen molar-refractivity contribution >= 4 is 12.6 Å². The smallest absolute Gasteiger partial charge is 0.0628 e. The van der Waals surface area contributed by atoms with Crippen LogP contribution in [0.3, 0.4) is 0 Å². The minimum absolute atomic E-state index is 0.635. The molecule has 86 valence electrons. The Morgan fingerprint density at radius 3 is 2.40 bits per heavy atom. The summed E-state index contributed by atoms with van der Waals surface area (Å²) in [5.74, 6) is 1.58. The van der Waals surface area contributed by atoms with Crippen LogP contribution in [0.1, 0.15) is 37.2 Å². The predicted molar refractivity (Wildman–Crippen MR) is 68.7 cm³/mol. The van der Waals surface area contributed by atoms with Gasteiger partial charge in [-0.05, 0) is 37.5 Å². The predicted octanol–water partition coefficient (Wildman–Crippen LogP) is 3.02. The molecule has 1 rings (SSSR count). The van der Waals surface area contributed by atoms with Crippen molar-refractivity contribution in [3.8, 4) is 0 Å². The topological polar surface area (TPSA) is 17.8 Å². The zero-order valence-electron chi connectivity index (χ0n) is 10.2. The molecule has 1 unspecified atom stereocenters. The fourth-order valence-corrected chi connectivity index (χ4v) is 2.36. The van der Waals surface area contributed by atoms with Crippen LogP contribution in [0.4, 0.5) is 0 Å². The molecule has 15 heavy (non-hydrogen) atoms. The molecule has 0 bridgehead atoms. The van der Waals surface area contributed by atoms with Gasteiger partial charge in [0.1, 0.15) is 0 Å². The van der Waals surface area contributed by atoms with Crippen LogP contribution in [0.2, 0.25) is 0 Å². The molecule has 0 aliphatic rings. The number of hydrogen-bond donors (Lipinski definition) is 1. The molecule has 0 aromatic carbocycles. The first-order valence-corrected chi connectivity index (χ1v) is 6.40. The van der Waals surface area contributed by atoms with Crippen molar-refractivity contribution in [3.05, 3.63) is 17.0 Å². The van der Waals surface area contributed by atoms with E-state index in [0.717, 1.165) is 18.7 Å². The first-order chi connectivity index (χ1) is 7.13. The summed E-state index contributed by atoms with van der Waals surface area (Å²) in [4.78, 5) is 0. The van der Waals surface area contributed by atoms with Crippen molar-refractivity contribution in [1.82, 2.24) is 9.78 Å². The maximum absolute atomic E-state index is 4.60. The van der Waals surface area contributed by atoms with Crippen LogP contribution in [-0.2, 0) is 13.0 Å². The summed E-state index contributed by atoms with van der Waals surface area (Å²) in [5, 5.41) is 4.60. The van der Waals surface area contributed by atoms with E-state index in [4.69, 9.17) is 0 Å². The van der Waals surface area contributed by atoms with Gasteiger partial charge >= 0.3 is 0 Å². The highest BCUT2D eigenvalue weighted by atomic mass is 32.1. The molecule has 3 heteroatoms. The van der Waals surface area contributed by atoms with E-state index >= 15 is 0 Å². The molecule has 1 aromatic rings. The Bertz CT molecular complexity index is 314. The summed E-state index contributed by atoms with van der Waals surface area (Å²) in [5.41, 5.74) is 3.92. The Morgan fingerprint density at radius 2 is 2.00 bits per heavy atom. The minimum atomic E-state index is 0.635. The van der Waals surface area contributed by atoms with Gasteiger partial charge < -0.3 is 0 Å². The molecule has 2 nitrogen and oxygen atoms in total. The molecular formula is C12H22N2S. The molecular weight excluding hydrogens is 204 g/mol. The molecule has 0 aliphatic carbocycles. The van der Waals surface area contributed by atoms with E-state index in [2.05, 4.69) is 50.1 Å². The number of hydrogen-bond acceptors (Lipinski definition) is 2. The van der Waals surface area contributed by atoms with Crippen molar-refractivity contribution < 1.29 is 0 Å². The van der Waals surface area contributed by atoms with E-state index in [-0.39, 0.29) is 0 Å². The van der Waals surface area contributed by atoms with Gasteiger partial charge in [0.15, 0.2) is 0 Å². The molecule has 1 aromatic heterocycles. The lowest BCUT2D eigenvalue weighted by molar-refractivity contribution is 0.438. The minimum Gasteiger partial charge on any atom is -0.269 e. The quantitative estimate of drug-likeness (QED) is 0.764. The standard InChI is InChI=1S/C12H22N2S/c1-5-11(8-15)7-14-10(4)12(6-2)9(3)13-14/h11,15H,5-8H2,1-4H3. The van der Waals surface area contributed by atoms with Crippen LogP contribution in [0, 0.1) is 19.8 Å². The summed E-state index contributed by atoms with van der Waals surface area (Å²) in [6.07, 6.45) is 2.25. The summed E-state index contributed by atoms with van der Waals surface area (Å²) in [6.45, 7) is 9.69. The highest BCUT2D eigenvalue weighted by Gasteiger charge is 2.12. The SMILES string of the molecule is CCc1c(C)nn(CC(CC)CS)c1C. The van der Waals surface area contributed by atoms with Gasteiger partial charge in [-0.25, -0.2) is 0 Å². The summed E-state index contributed by atoms with van der Waals surface area (Å²) in [7, 11) is 0. The van der Waals surface area contributed by atoms with Crippen LogP contribution >= 0.6 is 12.6 Å². The molecule has 0 amide bonds. The van der Waals surface area contributed by atoms with Gasteiger partial charge in [-0.1, -0.05) is 20.3 Å². The lowest BCUT2D eigenvalue weighted by Crippen LogP contribution is -2.14. The van der Waals surface area contributed by atoms with Crippen LogP contribution in [0.5, 0.6) is 0 Å². The van der Waals surface area contributed by atoms with Crippen molar-refractivity contribution in [2.45, 2.75) is 47.1 Å². The Balaban J connectivity index is 2.86. The zero-order valence-corrected chi connectivity index (χ0v) is 11.1. The van der Waals surface area contributed by atoms with Gasteiger partial charge in [-0.2, -0.15) is 17.7 Å². The molecule has 0 saturated heterocycles. The zero-order chi connectivity index (χ0) is 11.4. The lowest BCUT2D eigenvalue weighted by Gasteiger charge is -2.13. The number of aromatic nitrogens is 2. The number of thiol groups is 1. The molecule has 0 N–H and O–H groups in total. The van der Waals surface area contributed by atoms with Crippen LogP contribution in [0.15, 0.2) is 0 Å². The average molecular weight is 226 g/mol. The van der Waals surface area contributed by atoms with E-state index in [1.54, 1.807) is 0 Å². The Hall–Kier alpha value is -0.440. The van der Waals surface area contributed by atoms with Crippen molar-refractivity contribution in [3.63, 3.8) is 0 Å². The summed E-state index contributed by atoms with van der Waals surface area (Å²) in [6, 6.07) is 0. The fourth-order valence-electron chi connectivity index (χ4n) is 1.98. The highest BCUT2D eigenvalue weighted by molar-refractivity contribution is 7.80. The molecule has 0 saturated carbocycles. The van der Waals surface area contributed by atoms with E-state index < -0.39 is 0 Å². The molecule has 1 heterocycles. The maximum atomic E-state index is 4.60. The Kier molecular flexibility index (Phi) is 4.71. The van der Waals surface area contributed by atoms with Crippen LogP contribution in [-0.4, -0.2) is 15.5 Å². The first-order valence-electron chi connectivity index (χ1n) is 5.77. The summed E-state index contributed by atoms with van der Waals surface area (Å²) < 4.78 is 2.15. The van der Waals surface area contributed by atoms with Crippen LogP contribution < -0.4 is 0 Å².